The van der Waals surface area contributed by atoms with Gasteiger partial charge in [0.2, 0.25) is 5.82 Å². The molecule has 0 saturated carbocycles. The molecule has 3 aromatic rings. The van der Waals surface area contributed by atoms with E-state index in [1.165, 1.54) is 0 Å². The van der Waals surface area contributed by atoms with Crippen LogP contribution < -0.4 is 11.1 Å². The summed E-state index contributed by atoms with van der Waals surface area (Å²) in [5.41, 5.74) is 9.21. The molecule has 1 amide bonds. The minimum atomic E-state index is -0.328. The number of rotatable bonds is 6. The number of benzene rings is 2. The number of hydrogen-bond donors (Lipinski definition) is 2. The maximum Gasteiger partial charge on any atom is 0.291 e. The highest BCUT2D eigenvalue weighted by Crippen LogP contribution is 2.23. The number of halogens is 1. The molecule has 0 saturated heterocycles. The first kappa shape index (κ1) is 21.6. The first-order valence-electron chi connectivity index (χ1n) is 9.09. The molecule has 2 aromatic carbocycles. The van der Waals surface area contributed by atoms with Gasteiger partial charge < -0.3 is 11.1 Å². The molecule has 6 nitrogen and oxygen atoms in total. The van der Waals surface area contributed by atoms with Gasteiger partial charge in [0.05, 0.1) is 5.69 Å². The molecule has 0 aliphatic heterocycles. The lowest BCUT2D eigenvalue weighted by molar-refractivity contribution is 0.0941. The molecule has 28 heavy (non-hydrogen) atoms. The standard InChI is InChI=1S/C21H25N5O.ClH/c1-14(2)17-11-7-8-12-19(17)26-15(3)24-20(25-26)21(27)23-13-18(22)16-9-5-4-6-10-16;/h4-12,14,18H,13,22H2,1-3H3,(H,23,27);1H. The van der Waals surface area contributed by atoms with Gasteiger partial charge in [-0.1, -0.05) is 62.4 Å². The highest BCUT2D eigenvalue weighted by Gasteiger charge is 2.18. The van der Waals surface area contributed by atoms with Gasteiger partial charge in [-0.2, -0.15) is 0 Å². The monoisotopic (exact) mass is 399 g/mol. The fourth-order valence-corrected chi connectivity index (χ4v) is 2.98. The van der Waals surface area contributed by atoms with Crippen molar-refractivity contribution in [1.29, 1.82) is 0 Å². The van der Waals surface area contributed by atoms with Gasteiger partial charge in [0.1, 0.15) is 5.82 Å². The summed E-state index contributed by atoms with van der Waals surface area (Å²) in [4.78, 5) is 16.8. The van der Waals surface area contributed by atoms with Crippen LogP contribution in [0.3, 0.4) is 0 Å². The van der Waals surface area contributed by atoms with Crippen molar-refractivity contribution in [1.82, 2.24) is 20.1 Å². The topological polar surface area (TPSA) is 85.8 Å². The van der Waals surface area contributed by atoms with Gasteiger partial charge in [0, 0.05) is 12.6 Å². The zero-order chi connectivity index (χ0) is 19.4. The minimum Gasteiger partial charge on any atom is -0.347 e. The van der Waals surface area contributed by atoms with Gasteiger partial charge in [0.25, 0.3) is 5.91 Å². The normalized spacial score (nSPS) is 11.8. The van der Waals surface area contributed by atoms with Crippen molar-refractivity contribution in [3.05, 3.63) is 77.4 Å². The third-order valence-corrected chi connectivity index (χ3v) is 4.47. The quantitative estimate of drug-likeness (QED) is 0.663. The molecule has 1 aromatic heterocycles. The van der Waals surface area contributed by atoms with E-state index in [0.717, 1.165) is 16.8 Å². The van der Waals surface area contributed by atoms with E-state index in [1.54, 1.807) is 4.68 Å². The zero-order valence-corrected chi connectivity index (χ0v) is 17.1. The molecule has 0 bridgehead atoms. The van der Waals surface area contributed by atoms with Crippen LogP contribution in [0.25, 0.3) is 5.69 Å². The van der Waals surface area contributed by atoms with Crippen LogP contribution in [0.1, 0.15) is 53.4 Å². The number of carbonyl (C=O) groups excluding carboxylic acids is 1. The molecule has 0 fully saturated rings. The average Bonchev–Trinajstić information content (AvgIpc) is 3.08. The number of aryl methyl sites for hydroxylation is 1. The molecule has 7 heteroatoms. The van der Waals surface area contributed by atoms with E-state index in [-0.39, 0.29) is 30.2 Å². The van der Waals surface area contributed by atoms with Gasteiger partial charge in [0.15, 0.2) is 0 Å². The second-order valence-electron chi connectivity index (χ2n) is 6.84. The van der Waals surface area contributed by atoms with Crippen molar-refractivity contribution in [2.75, 3.05) is 6.54 Å². The van der Waals surface area contributed by atoms with E-state index in [2.05, 4.69) is 35.3 Å². The Kier molecular flexibility index (Phi) is 7.31. The number of nitrogens with two attached hydrogens (primary N) is 1. The Morgan fingerprint density at radius 3 is 2.43 bits per heavy atom. The van der Waals surface area contributed by atoms with Crippen molar-refractivity contribution in [3.8, 4) is 5.69 Å². The predicted molar refractivity (Wildman–Crippen MR) is 113 cm³/mol. The molecular formula is C21H26ClN5O. The minimum absolute atomic E-state index is 0. The number of amides is 1. The summed E-state index contributed by atoms with van der Waals surface area (Å²) in [6.45, 7) is 6.42. The summed E-state index contributed by atoms with van der Waals surface area (Å²) in [7, 11) is 0. The van der Waals surface area contributed by atoms with Crippen LogP contribution in [0, 0.1) is 6.92 Å². The number of nitrogens with zero attached hydrogens (tertiary/aromatic N) is 3. The van der Waals surface area contributed by atoms with E-state index in [9.17, 15) is 4.79 Å². The number of aromatic nitrogens is 3. The molecule has 0 spiro atoms. The van der Waals surface area contributed by atoms with Gasteiger partial charge in [-0.05, 0) is 30.0 Å². The van der Waals surface area contributed by atoms with Crippen LogP contribution in [0.2, 0.25) is 0 Å². The zero-order valence-electron chi connectivity index (χ0n) is 16.3. The van der Waals surface area contributed by atoms with Crippen LogP contribution in [-0.4, -0.2) is 27.2 Å². The van der Waals surface area contributed by atoms with Crippen molar-refractivity contribution < 1.29 is 4.79 Å². The Labute approximate surface area is 171 Å². The third-order valence-electron chi connectivity index (χ3n) is 4.47. The van der Waals surface area contributed by atoms with Gasteiger partial charge in [-0.3, -0.25) is 4.79 Å². The van der Waals surface area contributed by atoms with Crippen LogP contribution in [0.15, 0.2) is 54.6 Å². The van der Waals surface area contributed by atoms with Gasteiger partial charge in [-0.15, -0.1) is 17.5 Å². The average molecular weight is 400 g/mol. The molecule has 148 valence electrons. The predicted octanol–water partition coefficient (Wildman–Crippen LogP) is 3.55. The molecule has 3 rings (SSSR count). The SMILES string of the molecule is Cc1nc(C(=O)NCC(N)c2ccccc2)nn1-c1ccccc1C(C)C.Cl. The molecule has 1 unspecified atom stereocenters. The van der Waals surface area contributed by atoms with E-state index >= 15 is 0 Å². The van der Waals surface area contributed by atoms with Crippen molar-refractivity contribution in [3.63, 3.8) is 0 Å². The largest absolute Gasteiger partial charge is 0.347 e. The van der Waals surface area contributed by atoms with Crippen LogP contribution in [0.5, 0.6) is 0 Å². The Hall–Kier alpha value is -2.70. The Morgan fingerprint density at radius 1 is 1.11 bits per heavy atom. The maximum atomic E-state index is 12.5. The van der Waals surface area contributed by atoms with Crippen LogP contribution in [-0.2, 0) is 0 Å². The van der Waals surface area contributed by atoms with Gasteiger partial charge >= 0.3 is 0 Å². The summed E-state index contributed by atoms with van der Waals surface area (Å²) in [6.07, 6.45) is 0. The Bertz CT molecular complexity index is 924. The fourth-order valence-electron chi connectivity index (χ4n) is 2.98. The molecule has 0 aliphatic carbocycles. The highest BCUT2D eigenvalue weighted by atomic mass is 35.5. The van der Waals surface area contributed by atoms with E-state index < -0.39 is 0 Å². The van der Waals surface area contributed by atoms with E-state index in [1.807, 2.05) is 55.5 Å². The van der Waals surface area contributed by atoms with E-state index in [4.69, 9.17) is 5.73 Å². The summed E-state index contributed by atoms with van der Waals surface area (Å²) in [5, 5.41) is 7.25. The van der Waals surface area contributed by atoms with Crippen molar-refractivity contribution in [2.24, 2.45) is 5.73 Å². The lowest BCUT2D eigenvalue weighted by atomic mass is 10.0. The number of carbonyl (C=O) groups is 1. The second kappa shape index (κ2) is 9.48. The Balaban J connectivity index is 0.00000280. The smallest absolute Gasteiger partial charge is 0.291 e. The van der Waals surface area contributed by atoms with E-state index in [0.29, 0.717) is 18.3 Å². The highest BCUT2D eigenvalue weighted by molar-refractivity contribution is 5.90. The summed E-state index contributed by atoms with van der Waals surface area (Å²) >= 11 is 0. The molecule has 1 atom stereocenters. The van der Waals surface area contributed by atoms with Crippen molar-refractivity contribution >= 4 is 18.3 Å². The number of hydrogen-bond acceptors (Lipinski definition) is 4. The first-order chi connectivity index (χ1) is 13.0. The molecule has 0 aliphatic rings. The molecule has 3 N–H and O–H groups in total. The van der Waals surface area contributed by atoms with Crippen LogP contribution >= 0.6 is 12.4 Å². The lowest BCUT2D eigenvalue weighted by Crippen LogP contribution is -2.32. The lowest BCUT2D eigenvalue weighted by Gasteiger charge is -2.13. The molecule has 1 heterocycles. The van der Waals surface area contributed by atoms with Crippen LogP contribution in [0.4, 0.5) is 0 Å². The Morgan fingerprint density at radius 2 is 1.75 bits per heavy atom. The summed E-state index contributed by atoms with van der Waals surface area (Å²) < 4.78 is 1.72. The first-order valence-corrected chi connectivity index (χ1v) is 9.09. The fraction of sp³-hybridized carbons (Fsp3) is 0.286. The summed E-state index contributed by atoms with van der Waals surface area (Å²) in [5.74, 6) is 0.822. The molecular weight excluding hydrogens is 374 g/mol. The second-order valence-corrected chi connectivity index (χ2v) is 6.84. The summed E-state index contributed by atoms with van der Waals surface area (Å²) in [6, 6.07) is 17.4. The maximum absolute atomic E-state index is 12.5. The van der Waals surface area contributed by atoms with Crippen molar-refractivity contribution in [2.45, 2.75) is 32.7 Å². The molecule has 0 radical (unpaired) electrons. The number of para-hydroxylation sites is 1. The number of nitrogens with one attached hydrogen (secondary N) is 1. The van der Waals surface area contributed by atoms with Gasteiger partial charge in [-0.25, -0.2) is 9.67 Å². The third kappa shape index (κ3) is 4.77.